The zero-order chi connectivity index (χ0) is 10.1. The minimum atomic E-state index is -0.285. The van der Waals surface area contributed by atoms with E-state index < -0.39 is 0 Å². The van der Waals surface area contributed by atoms with Crippen molar-refractivity contribution in [1.82, 2.24) is 4.90 Å². The Balaban J connectivity index is 2.31. The fraction of sp³-hybridized carbons (Fsp3) is 0.200. The summed E-state index contributed by atoms with van der Waals surface area (Å²) >= 11 is 5.76. The highest BCUT2D eigenvalue weighted by Gasteiger charge is 2.27. The Morgan fingerprint density at radius 2 is 2.00 bits per heavy atom. The Morgan fingerprint density at radius 1 is 1.36 bits per heavy atom. The molecular weight excluding hydrogens is 200 g/mol. The third-order valence-corrected chi connectivity index (χ3v) is 2.45. The van der Waals surface area contributed by atoms with Gasteiger partial charge in [0.2, 0.25) is 0 Å². The minimum absolute atomic E-state index is 0.130. The molecule has 3 nitrogen and oxygen atoms in total. The van der Waals surface area contributed by atoms with Crippen molar-refractivity contribution in [3.8, 4) is 0 Å². The third-order valence-electron chi connectivity index (χ3n) is 2.19. The van der Waals surface area contributed by atoms with E-state index in [1.54, 1.807) is 23.4 Å². The van der Waals surface area contributed by atoms with Crippen molar-refractivity contribution in [2.24, 2.45) is 4.99 Å². The summed E-state index contributed by atoms with van der Waals surface area (Å²) in [6, 6.07) is 6.95. The molecule has 1 aromatic carbocycles. The molecule has 0 N–H and O–H groups in total. The molecule has 4 heteroatoms. The van der Waals surface area contributed by atoms with Crippen LogP contribution in [-0.4, -0.2) is 24.2 Å². The van der Waals surface area contributed by atoms with Crippen LogP contribution in [0.4, 0.5) is 0 Å². The normalized spacial score (nSPS) is 20.6. The van der Waals surface area contributed by atoms with Crippen LogP contribution in [0.25, 0.3) is 0 Å². The van der Waals surface area contributed by atoms with E-state index >= 15 is 0 Å². The summed E-state index contributed by atoms with van der Waals surface area (Å²) in [4.78, 5) is 16.9. The van der Waals surface area contributed by atoms with Crippen molar-refractivity contribution in [2.45, 2.75) is 6.04 Å². The van der Waals surface area contributed by atoms with Crippen LogP contribution in [0.3, 0.4) is 0 Å². The zero-order valence-corrected chi connectivity index (χ0v) is 8.40. The smallest absolute Gasteiger partial charge is 0.274 e. The first-order valence-electron chi connectivity index (χ1n) is 4.24. The molecule has 0 aromatic heterocycles. The number of carbonyl (C=O) groups is 1. The van der Waals surface area contributed by atoms with Crippen LogP contribution < -0.4 is 0 Å². The zero-order valence-electron chi connectivity index (χ0n) is 7.64. The fourth-order valence-electron chi connectivity index (χ4n) is 1.48. The number of halogens is 1. The molecule has 0 aliphatic carbocycles. The molecule has 1 amide bonds. The van der Waals surface area contributed by atoms with Gasteiger partial charge in [-0.1, -0.05) is 23.7 Å². The summed E-state index contributed by atoms with van der Waals surface area (Å²) in [5.41, 5.74) is 0.916. The van der Waals surface area contributed by atoms with E-state index in [1.165, 1.54) is 0 Å². The standard InChI is InChI=1S/C10H9ClN2O/c1-13-6-12-10(14)9(13)7-2-4-8(11)5-3-7/h2-6,9H,1H3. The minimum Gasteiger partial charge on any atom is -0.350 e. The molecule has 0 bridgehead atoms. The number of carbonyl (C=O) groups excluding carboxylic acids is 1. The van der Waals surface area contributed by atoms with Gasteiger partial charge in [0.25, 0.3) is 5.91 Å². The number of amides is 1. The number of hydrogen-bond acceptors (Lipinski definition) is 2. The number of nitrogens with zero attached hydrogens (tertiary/aromatic N) is 2. The molecule has 0 fully saturated rings. The second-order valence-electron chi connectivity index (χ2n) is 3.20. The van der Waals surface area contributed by atoms with Crippen molar-refractivity contribution >= 4 is 23.8 Å². The summed E-state index contributed by atoms with van der Waals surface area (Å²) in [6.07, 6.45) is 1.54. The monoisotopic (exact) mass is 208 g/mol. The number of likely N-dealkylation sites (N-methyl/N-ethyl adjacent to an activating group) is 1. The average Bonchev–Trinajstić information content (AvgIpc) is 2.49. The van der Waals surface area contributed by atoms with E-state index in [0.717, 1.165) is 5.56 Å². The molecule has 1 heterocycles. The summed E-state index contributed by atoms with van der Waals surface area (Å²) < 4.78 is 0. The largest absolute Gasteiger partial charge is 0.350 e. The summed E-state index contributed by atoms with van der Waals surface area (Å²) in [6.45, 7) is 0. The first kappa shape index (κ1) is 9.21. The molecule has 1 aliphatic rings. The predicted molar refractivity (Wildman–Crippen MR) is 55.5 cm³/mol. The molecule has 72 valence electrons. The Morgan fingerprint density at radius 3 is 2.50 bits per heavy atom. The molecule has 1 unspecified atom stereocenters. The molecule has 2 rings (SSSR count). The second-order valence-corrected chi connectivity index (χ2v) is 3.64. The number of rotatable bonds is 1. The maximum Gasteiger partial charge on any atom is 0.274 e. The van der Waals surface area contributed by atoms with Gasteiger partial charge in [0.1, 0.15) is 6.04 Å². The number of hydrogen-bond donors (Lipinski definition) is 0. The Hall–Kier alpha value is -1.35. The molecular formula is C10H9ClN2O. The second kappa shape index (κ2) is 3.42. The van der Waals surface area contributed by atoms with Crippen LogP contribution >= 0.6 is 11.6 Å². The summed E-state index contributed by atoms with van der Waals surface area (Å²) in [7, 11) is 1.83. The van der Waals surface area contributed by atoms with Gasteiger partial charge in [-0.25, -0.2) is 4.99 Å². The number of aliphatic imine (C=N–C) groups is 1. The van der Waals surface area contributed by atoms with Gasteiger partial charge in [0, 0.05) is 12.1 Å². The van der Waals surface area contributed by atoms with Gasteiger partial charge in [-0.2, -0.15) is 0 Å². The molecule has 0 radical (unpaired) electrons. The predicted octanol–water partition coefficient (Wildman–Crippen LogP) is 1.88. The highest BCUT2D eigenvalue weighted by atomic mass is 35.5. The lowest BCUT2D eigenvalue weighted by Gasteiger charge is -2.17. The van der Waals surface area contributed by atoms with Crippen molar-refractivity contribution in [1.29, 1.82) is 0 Å². The molecule has 1 aliphatic heterocycles. The van der Waals surface area contributed by atoms with Gasteiger partial charge >= 0.3 is 0 Å². The highest BCUT2D eigenvalue weighted by molar-refractivity contribution is 6.30. The van der Waals surface area contributed by atoms with Gasteiger partial charge in [0.15, 0.2) is 0 Å². The topological polar surface area (TPSA) is 32.7 Å². The van der Waals surface area contributed by atoms with Gasteiger partial charge in [-0.15, -0.1) is 0 Å². The van der Waals surface area contributed by atoms with Crippen molar-refractivity contribution in [3.05, 3.63) is 34.9 Å². The molecule has 14 heavy (non-hydrogen) atoms. The van der Waals surface area contributed by atoms with Crippen LogP contribution in [0.5, 0.6) is 0 Å². The van der Waals surface area contributed by atoms with Crippen LogP contribution in [0.1, 0.15) is 11.6 Å². The molecule has 1 aromatic rings. The van der Waals surface area contributed by atoms with Crippen molar-refractivity contribution < 1.29 is 4.79 Å². The summed E-state index contributed by atoms with van der Waals surface area (Å²) in [5, 5.41) is 0.669. The maximum absolute atomic E-state index is 11.4. The molecule has 0 saturated carbocycles. The first-order chi connectivity index (χ1) is 6.68. The van der Waals surface area contributed by atoms with Gasteiger partial charge in [-0.05, 0) is 17.7 Å². The van der Waals surface area contributed by atoms with E-state index in [0.29, 0.717) is 5.02 Å². The van der Waals surface area contributed by atoms with Crippen molar-refractivity contribution in [3.63, 3.8) is 0 Å². The number of benzene rings is 1. The Kier molecular flexibility index (Phi) is 2.25. The van der Waals surface area contributed by atoms with Crippen LogP contribution in [-0.2, 0) is 4.79 Å². The fourth-order valence-corrected chi connectivity index (χ4v) is 1.61. The SMILES string of the molecule is CN1C=NC(=O)C1c1ccc(Cl)cc1. The Bertz CT molecular complexity index is 386. The molecule has 1 atom stereocenters. The lowest BCUT2D eigenvalue weighted by atomic mass is 10.1. The van der Waals surface area contributed by atoms with E-state index in [2.05, 4.69) is 4.99 Å². The van der Waals surface area contributed by atoms with E-state index in [9.17, 15) is 4.79 Å². The van der Waals surface area contributed by atoms with Crippen LogP contribution in [0.2, 0.25) is 5.02 Å². The van der Waals surface area contributed by atoms with Gasteiger partial charge < -0.3 is 4.90 Å². The molecule has 0 saturated heterocycles. The summed E-state index contributed by atoms with van der Waals surface area (Å²) in [5.74, 6) is -0.130. The van der Waals surface area contributed by atoms with Crippen molar-refractivity contribution in [2.75, 3.05) is 7.05 Å². The van der Waals surface area contributed by atoms with Crippen LogP contribution in [0, 0.1) is 0 Å². The third kappa shape index (κ3) is 1.51. The highest BCUT2D eigenvalue weighted by Crippen LogP contribution is 2.24. The Labute approximate surface area is 87.0 Å². The van der Waals surface area contributed by atoms with Gasteiger partial charge in [-0.3, -0.25) is 4.79 Å². The van der Waals surface area contributed by atoms with E-state index in [1.807, 2.05) is 19.2 Å². The van der Waals surface area contributed by atoms with E-state index in [4.69, 9.17) is 11.6 Å². The lowest BCUT2D eigenvalue weighted by molar-refractivity contribution is -0.120. The average molecular weight is 209 g/mol. The maximum atomic E-state index is 11.4. The first-order valence-corrected chi connectivity index (χ1v) is 4.62. The molecule has 0 spiro atoms. The van der Waals surface area contributed by atoms with Crippen LogP contribution in [0.15, 0.2) is 29.3 Å². The quantitative estimate of drug-likeness (QED) is 0.706. The lowest BCUT2D eigenvalue weighted by Crippen LogP contribution is -2.22. The van der Waals surface area contributed by atoms with E-state index in [-0.39, 0.29) is 11.9 Å². The van der Waals surface area contributed by atoms with Gasteiger partial charge in [0.05, 0.1) is 6.34 Å².